The summed E-state index contributed by atoms with van der Waals surface area (Å²) in [5, 5.41) is 14.1. The molecule has 0 aliphatic carbocycles. The van der Waals surface area contributed by atoms with Crippen molar-refractivity contribution in [2.24, 2.45) is 0 Å². The molecular weight excluding hydrogens is 244 g/mol. The van der Waals surface area contributed by atoms with Crippen LogP contribution < -0.4 is 0 Å². The summed E-state index contributed by atoms with van der Waals surface area (Å²) in [7, 11) is 0. The van der Waals surface area contributed by atoms with E-state index >= 15 is 0 Å². The zero-order chi connectivity index (χ0) is 12.4. The van der Waals surface area contributed by atoms with Crippen LogP contribution in [0.3, 0.4) is 0 Å². The van der Waals surface area contributed by atoms with Gasteiger partial charge in [-0.1, -0.05) is 24.3 Å². The molecule has 0 radical (unpaired) electrons. The molecule has 3 aromatic rings. The third-order valence-corrected chi connectivity index (χ3v) is 3.61. The number of aliphatic hydroxyl groups is 1. The van der Waals surface area contributed by atoms with E-state index in [4.69, 9.17) is 0 Å². The zero-order valence-corrected chi connectivity index (χ0v) is 10.5. The Morgan fingerprint density at radius 2 is 2.06 bits per heavy atom. The second-order valence-corrected chi connectivity index (χ2v) is 5.05. The van der Waals surface area contributed by atoms with Crippen LogP contribution in [0.5, 0.6) is 0 Å². The number of aliphatic hydroxyl groups excluding tert-OH is 1. The van der Waals surface area contributed by atoms with E-state index in [0.717, 1.165) is 15.9 Å². The molecule has 0 spiro atoms. The second kappa shape index (κ2) is 4.84. The fourth-order valence-electron chi connectivity index (χ4n) is 1.89. The minimum Gasteiger partial charge on any atom is -0.386 e. The van der Waals surface area contributed by atoms with Gasteiger partial charge in [-0.25, -0.2) is 4.98 Å². The minimum absolute atomic E-state index is 0.517. The molecule has 1 atom stereocenters. The predicted octanol–water partition coefficient (Wildman–Crippen LogP) is 2.97. The first-order valence-corrected chi connectivity index (χ1v) is 6.63. The maximum absolute atomic E-state index is 10.2. The van der Waals surface area contributed by atoms with Gasteiger partial charge in [0.05, 0.1) is 16.2 Å². The Kier molecular flexibility index (Phi) is 3.04. The van der Waals surface area contributed by atoms with E-state index in [-0.39, 0.29) is 0 Å². The van der Waals surface area contributed by atoms with Crippen molar-refractivity contribution in [1.29, 1.82) is 0 Å². The summed E-state index contributed by atoms with van der Waals surface area (Å²) < 4.78 is 0. The molecule has 1 N–H and O–H groups in total. The molecule has 1 aromatic carbocycles. The number of fused-ring (bicyclic) bond motifs is 1. The van der Waals surface area contributed by atoms with Gasteiger partial charge >= 0.3 is 0 Å². The van der Waals surface area contributed by atoms with Gasteiger partial charge in [-0.2, -0.15) is 0 Å². The lowest BCUT2D eigenvalue weighted by molar-refractivity contribution is 0.174. The smallest absolute Gasteiger partial charge is 0.102 e. The lowest BCUT2D eigenvalue weighted by Gasteiger charge is -2.09. The van der Waals surface area contributed by atoms with Crippen LogP contribution in [0.2, 0.25) is 0 Å². The Balaban J connectivity index is 1.89. The molecule has 90 valence electrons. The number of thiazole rings is 1. The standard InChI is InChI=1S/C14H12N2OS/c17-13(9-14-15-7-8-18-14)12-6-5-10-3-1-2-4-11(10)16-12/h1-8,13,17H,9H2. The summed E-state index contributed by atoms with van der Waals surface area (Å²) in [4.78, 5) is 8.66. The molecular formula is C14H12N2OS. The first kappa shape index (κ1) is 11.3. The van der Waals surface area contributed by atoms with Crippen molar-refractivity contribution >= 4 is 22.2 Å². The van der Waals surface area contributed by atoms with Crippen LogP contribution in [0.1, 0.15) is 16.8 Å². The SMILES string of the molecule is OC(Cc1nccs1)c1ccc2ccccc2n1. The van der Waals surface area contributed by atoms with Crippen LogP contribution in [0.15, 0.2) is 48.0 Å². The quantitative estimate of drug-likeness (QED) is 0.783. The first-order valence-electron chi connectivity index (χ1n) is 5.75. The molecule has 1 unspecified atom stereocenters. The van der Waals surface area contributed by atoms with Gasteiger partial charge in [0.25, 0.3) is 0 Å². The average Bonchev–Trinajstić information content (AvgIpc) is 2.91. The molecule has 0 aliphatic heterocycles. The van der Waals surface area contributed by atoms with Crippen molar-refractivity contribution in [2.45, 2.75) is 12.5 Å². The number of nitrogens with zero attached hydrogens (tertiary/aromatic N) is 2. The lowest BCUT2D eigenvalue weighted by Crippen LogP contribution is -2.03. The summed E-state index contributed by atoms with van der Waals surface area (Å²) in [5.74, 6) is 0. The van der Waals surface area contributed by atoms with Crippen LogP contribution in [0.25, 0.3) is 10.9 Å². The van der Waals surface area contributed by atoms with Gasteiger partial charge in [-0.05, 0) is 12.1 Å². The number of aromatic nitrogens is 2. The number of hydrogen-bond acceptors (Lipinski definition) is 4. The Hall–Kier alpha value is -1.78. The highest BCUT2D eigenvalue weighted by Crippen LogP contribution is 2.20. The molecule has 3 rings (SSSR count). The van der Waals surface area contributed by atoms with Crippen molar-refractivity contribution in [3.63, 3.8) is 0 Å². The summed E-state index contributed by atoms with van der Waals surface area (Å²) in [6.07, 6.45) is 1.67. The largest absolute Gasteiger partial charge is 0.386 e. The molecule has 2 heterocycles. The van der Waals surface area contributed by atoms with Crippen molar-refractivity contribution in [3.8, 4) is 0 Å². The summed E-state index contributed by atoms with van der Waals surface area (Å²) >= 11 is 1.55. The Morgan fingerprint density at radius 1 is 1.17 bits per heavy atom. The normalized spacial score (nSPS) is 12.7. The average molecular weight is 256 g/mol. The molecule has 3 nitrogen and oxygen atoms in total. The van der Waals surface area contributed by atoms with Gasteiger partial charge in [-0.3, -0.25) is 4.98 Å². The Bertz CT molecular complexity index is 652. The fourth-order valence-corrected chi connectivity index (χ4v) is 2.55. The highest BCUT2D eigenvalue weighted by atomic mass is 32.1. The van der Waals surface area contributed by atoms with Gasteiger partial charge in [0.1, 0.15) is 6.10 Å². The summed E-state index contributed by atoms with van der Waals surface area (Å²) in [6, 6.07) is 11.8. The molecule has 18 heavy (non-hydrogen) atoms. The third-order valence-electron chi connectivity index (χ3n) is 2.81. The lowest BCUT2D eigenvalue weighted by atomic mass is 10.1. The van der Waals surface area contributed by atoms with Gasteiger partial charge < -0.3 is 5.11 Å². The maximum Gasteiger partial charge on any atom is 0.102 e. The molecule has 0 saturated heterocycles. The van der Waals surface area contributed by atoms with Crippen molar-refractivity contribution in [3.05, 3.63) is 58.7 Å². The topological polar surface area (TPSA) is 46.0 Å². The van der Waals surface area contributed by atoms with E-state index in [9.17, 15) is 5.11 Å². The van der Waals surface area contributed by atoms with E-state index in [1.54, 1.807) is 17.5 Å². The number of pyridine rings is 1. The highest BCUT2D eigenvalue weighted by molar-refractivity contribution is 7.09. The monoisotopic (exact) mass is 256 g/mol. The number of hydrogen-bond donors (Lipinski definition) is 1. The van der Waals surface area contributed by atoms with Gasteiger partial charge in [0.2, 0.25) is 0 Å². The number of benzene rings is 1. The van der Waals surface area contributed by atoms with E-state index < -0.39 is 6.10 Å². The summed E-state index contributed by atoms with van der Waals surface area (Å²) in [5.41, 5.74) is 1.61. The van der Waals surface area contributed by atoms with E-state index in [2.05, 4.69) is 9.97 Å². The highest BCUT2D eigenvalue weighted by Gasteiger charge is 2.12. The van der Waals surface area contributed by atoms with Crippen LogP contribution in [0, 0.1) is 0 Å². The summed E-state index contributed by atoms with van der Waals surface area (Å²) in [6.45, 7) is 0. The molecule has 0 fully saturated rings. The number of rotatable bonds is 3. The van der Waals surface area contributed by atoms with Gasteiger partial charge in [-0.15, -0.1) is 11.3 Å². The van der Waals surface area contributed by atoms with E-state index in [1.165, 1.54) is 0 Å². The number of para-hydroxylation sites is 1. The predicted molar refractivity (Wildman–Crippen MR) is 72.5 cm³/mol. The van der Waals surface area contributed by atoms with Crippen molar-refractivity contribution in [2.75, 3.05) is 0 Å². The van der Waals surface area contributed by atoms with Crippen LogP contribution >= 0.6 is 11.3 Å². The Morgan fingerprint density at radius 3 is 2.89 bits per heavy atom. The maximum atomic E-state index is 10.2. The van der Waals surface area contributed by atoms with Crippen molar-refractivity contribution < 1.29 is 5.11 Å². The molecule has 0 bridgehead atoms. The second-order valence-electron chi connectivity index (χ2n) is 4.07. The van der Waals surface area contributed by atoms with Crippen LogP contribution in [-0.4, -0.2) is 15.1 Å². The Labute approximate surface area is 109 Å². The van der Waals surface area contributed by atoms with Crippen molar-refractivity contribution in [1.82, 2.24) is 9.97 Å². The molecule has 4 heteroatoms. The first-order chi connectivity index (χ1) is 8.83. The van der Waals surface area contributed by atoms with E-state index in [0.29, 0.717) is 12.1 Å². The van der Waals surface area contributed by atoms with Crippen LogP contribution in [-0.2, 0) is 6.42 Å². The molecule has 0 amide bonds. The van der Waals surface area contributed by atoms with Gasteiger partial charge in [0.15, 0.2) is 0 Å². The molecule has 0 saturated carbocycles. The zero-order valence-electron chi connectivity index (χ0n) is 9.65. The van der Waals surface area contributed by atoms with Crippen LogP contribution in [0.4, 0.5) is 0 Å². The van der Waals surface area contributed by atoms with E-state index in [1.807, 2.05) is 41.8 Å². The van der Waals surface area contributed by atoms with Gasteiger partial charge in [0, 0.05) is 23.4 Å². The third kappa shape index (κ3) is 2.25. The molecule has 0 aliphatic rings. The molecule has 2 aromatic heterocycles. The minimum atomic E-state index is -0.597. The fraction of sp³-hybridized carbons (Fsp3) is 0.143.